The minimum absolute atomic E-state index is 0. The second-order valence-corrected chi connectivity index (χ2v) is 1.73. The standard InChI is InChI=1S/C6H13.Na.HO2P/c1-3-5-6-4-2;;1-3-2/h5H,3-4,6H2,1-2H3;;(H,1,2)/q-1;+1;. The summed E-state index contributed by atoms with van der Waals surface area (Å²) in [4.78, 5) is 6.99. The summed E-state index contributed by atoms with van der Waals surface area (Å²) in [5, 5.41) is 0. The van der Waals surface area contributed by atoms with E-state index in [2.05, 4.69) is 20.3 Å². The third-order valence-electron chi connectivity index (χ3n) is 0.781. The third-order valence-corrected chi connectivity index (χ3v) is 0.781. The molecule has 0 radical (unpaired) electrons. The third kappa shape index (κ3) is 35.7. The Kier molecular flexibility index (Phi) is 38.7. The summed E-state index contributed by atoms with van der Waals surface area (Å²) in [5.74, 6) is 0. The van der Waals surface area contributed by atoms with Crippen molar-refractivity contribution in [1.29, 1.82) is 0 Å². The Labute approximate surface area is 87.0 Å². The summed E-state index contributed by atoms with van der Waals surface area (Å²) in [6, 6.07) is 0. The molecule has 56 valence electrons. The molecule has 0 aliphatic carbocycles. The summed E-state index contributed by atoms with van der Waals surface area (Å²) in [6.45, 7) is 4.38. The van der Waals surface area contributed by atoms with Crippen LogP contribution < -0.4 is 29.6 Å². The maximum absolute atomic E-state index is 8.46. The Bertz CT molecular complexity index is 49.0. The SMILES string of the molecule is CC[CH-]CCC.O=PO.[Na+]. The molecule has 0 aliphatic heterocycles. The molecule has 0 saturated heterocycles. The van der Waals surface area contributed by atoms with Gasteiger partial charge in [0.2, 0.25) is 0 Å². The molecule has 0 rings (SSSR count). The molecular weight excluding hydrogens is 158 g/mol. The molecule has 10 heavy (non-hydrogen) atoms. The first-order chi connectivity index (χ1) is 4.33. The van der Waals surface area contributed by atoms with Gasteiger partial charge in [0.15, 0.2) is 0 Å². The molecule has 0 aromatic rings. The molecular formula is C6H14NaO2P. The van der Waals surface area contributed by atoms with Gasteiger partial charge in [-0.1, -0.05) is 20.3 Å². The van der Waals surface area contributed by atoms with E-state index in [0.29, 0.717) is 0 Å². The van der Waals surface area contributed by atoms with Gasteiger partial charge in [-0.2, -0.15) is 12.8 Å². The van der Waals surface area contributed by atoms with Gasteiger partial charge in [0, 0.05) is 0 Å². The van der Waals surface area contributed by atoms with Gasteiger partial charge in [0.1, 0.15) is 0 Å². The molecule has 0 aromatic heterocycles. The van der Waals surface area contributed by atoms with Crippen LogP contribution in [0.2, 0.25) is 0 Å². The monoisotopic (exact) mass is 172 g/mol. The minimum atomic E-state index is -0.833. The molecule has 0 bridgehead atoms. The summed E-state index contributed by atoms with van der Waals surface area (Å²) in [6.07, 6.45) is 6.12. The van der Waals surface area contributed by atoms with Gasteiger partial charge in [-0.05, 0) is 0 Å². The van der Waals surface area contributed by atoms with Gasteiger partial charge in [-0.25, -0.2) is 4.57 Å². The van der Waals surface area contributed by atoms with Gasteiger partial charge < -0.3 is 11.3 Å². The van der Waals surface area contributed by atoms with Crippen molar-refractivity contribution in [3.05, 3.63) is 6.42 Å². The van der Waals surface area contributed by atoms with Crippen LogP contribution in [0.15, 0.2) is 0 Å². The first-order valence-electron chi connectivity index (χ1n) is 3.11. The van der Waals surface area contributed by atoms with Crippen molar-refractivity contribution in [2.24, 2.45) is 0 Å². The number of unbranched alkanes of at least 4 members (excludes halogenated alkanes) is 3. The van der Waals surface area contributed by atoms with Crippen LogP contribution in [0.4, 0.5) is 0 Å². The van der Waals surface area contributed by atoms with Crippen molar-refractivity contribution < 1.29 is 39.0 Å². The molecule has 0 atom stereocenters. The van der Waals surface area contributed by atoms with E-state index < -0.39 is 8.69 Å². The smallest absolute Gasteiger partial charge is 0.329 e. The van der Waals surface area contributed by atoms with Crippen molar-refractivity contribution in [2.75, 3.05) is 0 Å². The Balaban J connectivity index is -0.000000107. The Hall–Kier alpha value is 1.06. The van der Waals surface area contributed by atoms with Crippen LogP contribution in [0.5, 0.6) is 0 Å². The first-order valence-corrected chi connectivity index (χ1v) is 3.88. The average molecular weight is 172 g/mol. The number of hydrogen-bond acceptors (Lipinski definition) is 1. The zero-order chi connectivity index (χ0) is 7.54. The van der Waals surface area contributed by atoms with Crippen molar-refractivity contribution >= 4 is 8.69 Å². The van der Waals surface area contributed by atoms with E-state index in [-0.39, 0.29) is 29.6 Å². The second-order valence-electron chi connectivity index (χ2n) is 1.57. The maximum Gasteiger partial charge on any atom is 1.00 e. The van der Waals surface area contributed by atoms with Gasteiger partial charge >= 0.3 is 38.2 Å². The summed E-state index contributed by atoms with van der Waals surface area (Å²) in [7, 11) is -0.833. The topological polar surface area (TPSA) is 37.3 Å². The van der Waals surface area contributed by atoms with Gasteiger partial charge in [-0.3, -0.25) is 0 Å². The molecule has 0 aromatic carbocycles. The number of rotatable bonds is 3. The van der Waals surface area contributed by atoms with Crippen LogP contribution in [0, 0.1) is 6.42 Å². The fraction of sp³-hybridized carbons (Fsp3) is 0.833. The minimum Gasteiger partial charge on any atom is -0.329 e. The molecule has 0 fully saturated rings. The van der Waals surface area contributed by atoms with E-state index in [1.54, 1.807) is 0 Å². The van der Waals surface area contributed by atoms with E-state index in [4.69, 9.17) is 9.46 Å². The van der Waals surface area contributed by atoms with Crippen molar-refractivity contribution in [2.45, 2.75) is 33.1 Å². The fourth-order valence-corrected chi connectivity index (χ4v) is 0.408. The second kappa shape index (κ2) is 22.5. The Morgan fingerprint density at radius 1 is 1.50 bits per heavy atom. The quantitative estimate of drug-likeness (QED) is 0.272. The molecule has 0 aliphatic rings. The fourth-order valence-electron chi connectivity index (χ4n) is 0.408. The molecule has 0 spiro atoms. The number of hydrogen-bond donors (Lipinski definition) is 1. The van der Waals surface area contributed by atoms with E-state index in [1.807, 2.05) is 0 Å². The normalized spacial score (nSPS) is 7.50. The van der Waals surface area contributed by atoms with Crippen LogP contribution in [0.25, 0.3) is 0 Å². The van der Waals surface area contributed by atoms with E-state index in [9.17, 15) is 0 Å². The van der Waals surface area contributed by atoms with Crippen molar-refractivity contribution in [3.63, 3.8) is 0 Å². The van der Waals surface area contributed by atoms with E-state index in [0.717, 1.165) is 0 Å². The zero-order valence-electron chi connectivity index (χ0n) is 7.00. The molecule has 2 nitrogen and oxygen atoms in total. The zero-order valence-corrected chi connectivity index (χ0v) is 9.90. The molecule has 0 unspecified atom stereocenters. The van der Waals surface area contributed by atoms with Crippen LogP contribution >= 0.6 is 8.69 Å². The summed E-state index contributed by atoms with van der Waals surface area (Å²) < 4.78 is 8.46. The Morgan fingerprint density at radius 3 is 2.00 bits per heavy atom. The van der Waals surface area contributed by atoms with Gasteiger partial charge in [0.05, 0.1) is 0 Å². The van der Waals surface area contributed by atoms with Crippen LogP contribution in [-0.4, -0.2) is 4.89 Å². The Morgan fingerprint density at radius 2 is 1.90 bits per heavy atom. The average Bonchev–Trinajstić information content (AvgIpc) is 1.86. The van der Waals surface area contributed by atoms with Crippen molar-refractivity contribution in [1.82, 2.24) is 0 Å². The van der Waals surface area contributed by atoms with Crippen LogP contribution in [0.3, 0.4) is 0 Å². The molecule has 4 heteroatoms. The summed E-state index contributed by atoms with van der Waals surface area (Å²) >= 11 is 0. The molecule has 0 heterocycles. The molecule has 0 saturated carbocycles. The van der Waals surface area contributed by atoms with E-state index >= 15 is 0 Å². The maximum atomic E-state index is 8.46. The van der Waals surface area contributed by atoms with Crippen molar-refractivity contribution in [3.8, 4) is 0 Å². The predicted octanol–water partition coefficient (Wildman–Crippen LogP) is -0.410. The molecule has 0 amide bonds. The molecule has 1 N–H and O–H groups in total. The van der Waals surface area contributed by atoms with E-state index in [1.165, 1.54) is 19.3 Å². The largest absolute Gasteiger partial charge is 1.00 e. The van der Waals surface area contributed by atoms with Gasteiger partial charge in [0.25, 0.3) is 0 Å². The summed E-state index contributed by atoms with van der Waals surface area (Å²) in [5.41, 5.74) is 0. The first kappa shape index (κ1) is 17.2. The van der Waals surface area contributed by atoms with Crippen LogP contribution in [0.1, 0.15) is 33.1 Å². The van der Waals surface area contributed by atoms with Crippen LogP contribution in [-0.2, 0) is 4.57 Å². The predicted molar refractivity (Wildman–Crippen MR) is 39.3 cm³/mol. The van der Waals surface area contributed by atoms with Gasteiger partial charge in [-0.15, -0.1) is 0 Å².